The van der Waals surface area contributed by atoms with E-state index in [2.05, 4.69) is 18.5 Å². The fourth-order valence-electron chi connectivity index (χ4n) is 2.02. The number of aryl methyl sites for hydroxylation is 1. The van der Waals surface area contributed by atoms with E-state index < -0.39 is 5.60 Å². The second-order valence-corrected chi connectivity index (χ2v) is 5.23. The van der Waals surface area contributed by atoms with Crippen molar-refractivity contribution < 1.29 is 9.90 Å². The van der Waals surface area contributed by atoms with Crippen molar-refractivity contribution >= 4 is 17.5 Å². The first-order valence-corrected chi connectivity index (χ1v) is 6.79. The predicted octanol–water partition coefficient (Wildman–Crippen LogP) is 3.26. The fraction of sp³-hybridized carbons (Fsp3) is 0.312. The van der Waals surface area contributed by atoms with Crippen molar-refractivity contribution in [3.05, 3.63) is 59.7 Å². The van der Waals surface area contributed by atoms with Crippen LogP contribution in [0.2, 0.25) is 5.02 Å². The summed E-state index contributed by atoms with van der Waals surface area (Å²) in [5, 5.41) is 13.5. The molecule has 1 aromatic carbocycles. The van der Waals surface area contributed by atoms with Crippen LogP contribution in [0.25, 0.3) is 0 Å². The molecule has 4 heteroatoms. The molecule has 0 fully saturated rings. The van der Waals surface area contributed by atoms with Crippen molar-refractivity contribution in [3.63, 3.8) is 0 Å². The lowest BCUT2D eigenvalue weighted by atomic mass is 9.95. The van der Waals surface area contributed by atoms with Crippen LogP contribution < -0.4 is 5.32 Å². The molecule has 0 aliphatic heterocycles. The number of nitrogens with one attached hydrogen (secondary N) is 1. The number of halogens is 1. The Bertz CT molecular complexity index is 481. The number of carbonyl (C=O) groups is 1. The highest BCUT2D eigenvalue weighted by atomic mass is 35.5. The standard InChI is InChI=1S/C16H20ClNO2/c1-4-9-16(20,10-5-2)11-18-15(19)14-12(3)7-6-8-13(14)17/h4-8,20H,1-2,9-11H2,3H3,(H,18,19). The van der Waals surface area contributed by atoms with Gasteiger partial charge in [0.2, 0.25) is 0 Å². The van der Waals surface area contributed by atoms with Gasteiger partial charge in [0.15, 0.2) is 0 Å². The van der Waals surface area contributed by atoms with Crippen molar-refractivity contribution in [1.82, 2.24) is 5.32 Å². The molecule has 0 radical (unpaired) electrons. The van der Waals surface area contributed by atoms with Gasteiger partial charge in [-0.3, -0.25) is 4.79 Å². The van der Waals surface area contributed by atoms with Crippen LogP contribution in [0.15, 0.2) is 43.5 Å². The fourth-order valence-corrected chi connectivity index (χ4v) is 2.33. The number of amides is 1. The maximum Gasteiger partial charge on any atom is 0.253 e. The summed E-state index contributed by atoms with van der Waals surface area (Å²) in [4.78, 5) is 12.2. The molecule has 0 aromatic heterocycles. The Morgan fingerprint density at radius 1 is 1.40 bits per heavy atom. The summed E-state index contributed by atoms with van der Waals surface area (Å²) in [6, 6.07) is 5.28. The van der Waals surface area contributed by atoms with Crippen molar-refractivity contribution in [3.8, 4) is 0 Å². The predicted molar refractivity (Wildman–Crippen MR) is 83.1 cm³/mol. The second-order valence-electron chi connectivity index (χ2n) is 4.82. The van der Waals surface area contributed by atoms with E-state index in [-0.39, 0.29) is 12.5 Å². The molecule has 0 spiro atoms. The average Bonchev–Trinajstić information content (AvgIpc) is 2.37. The van der Waals surface area contributed by atoms with Crippen molar-refractivity contribution in [1.29, 1.82) is 0 Å². The summed E-state index contributed by atoms with van der Waals surface area (Å²) >= 11 is 6.04. The van der Waals surface area contributed by atoms with E-state index in [4.69, 9.17) is 11.6 Å². The summed E-state index contributed by atoms with van der Waals surface area (Å²) in [6.07, 6.45) is 3.99. The number of aliphatic hydroxyl groups is 1. The maximum absolute atomic E-state index is 12.2. The number of carbonyl (C=O) groups excluding carboxylic acids is 1. The van der Waals surface area contributed by atoms with Gasteiger partial charge in [0, 0.05) is 6.54 Å². The third-order valence-electron chi connectivity index (χ3n) is 3.08. The van der Waals surface area contributed by atoms with Crippen molar-refractivity contribution in [2.75, 3.05) is 6.54 Å². The van der Waals surface area contributed by atoms with Crippen molar-refractivity contribution in [2.24, 2.45) is 0 Å². The zero-order valence-corrected chi connectivity index (χ0v) is 12.4. The Kier molecular flexibility index (Phi) is 5.99. The van der Waals surface area contributed by atoms with E-state index in [1.165, 1.54) is 0 Å². The number of hydrogen-bond acceptors (Lipinski definition) is 2. The summed E-state index contributed by atoms with van der Waals surface area (Å²) in [7, 11) is 0. The minimum Gasteiger partial charge on any atom is -0.387 e. The van der Waals surface area contributed by atoms with Crippen LogP contribution in [-0.2, 0) is 0 Å². The molecular formula is C16H20ClNO2. The topological polar surface area (TPSA) is 49.3 Å². The molecule has 0 saturated heterocycles. The molecule has 3 nitrogen and oxygen atoms in total. The highest BCUT2D eigenvalue weighted by molar-refractivity contribution is 6.34. The Balaban J connectivity index is 2.80. The van der Waals surface area contributed by atoms with E-state index in [1.807, 2.05) is 13.0 Å². The van der Waals surface area contributed by atoms with Gasteiger partial charge in [-0.2, -0.15) is 0 Å². The monoisotopic (exact) mass is 293 g/mol. The van der Waals surface area contributed by atoms with E-state index in [0.717, 1.165) is 5.56 Å². The molecule has 0 atom stereocenters. The van der Waals surface area contributed by atoms with Crippen LogP contribution in [0.5, 0.6) is 0 Å². The van der Waals surface area contributed by atoms with Crippen LogP contribution >= 0.6 is 11.6 Å². The Morgan fingerprint density at radius 2 is 2.00 bits per heavy atom. The van der Waals surface area contributed by atoms with Crippen LogP contribution in [0.4, 0.5) is 0 Å². The Morgan fingerprint density at radius 3 is 2.50 bits per heavy atom. The molecule has 0 aliphatic carbocycles. The zero-order valence-electron chi connectivity index (χ0n) is 11.7. The number of benzene rings is 1. The van der Waals surface area contributed by atoms with Crippen LogP contribution in [0, 0.1) is 6.92 Å². The molecule has 1 amide bonds. The van der Waals surface area contributed by atoms with E-state index in [0.29, 0.717) is 23.4 Å². The lowest BCUT2D eigenvalue weighted by Gasteiger charge is -2.26. The van der Waals surface area contributed by atoms with Gasteiger partial charge >= 0.3 is 0 Å². The summed E-state index contributed by atoms with van der Waals surface area (Å²) < 4.78 is 0. The second kappa shape index (κ2) is 7.27. The van der Waals surface area contributed by atoms with Gasteiger partial charge in [0.25, 0.3) is 5.91 Å². The summed E-state index contributed by atoms with van der Waals surface area (Å²) in [6.45, 7) is 9.17. The molecule has 0 unspecified atom stereocenters. The molecule has 0 aliphatic rings. The molecule has 108 valence electrons. The third-order valence-corrected chi connectivity index (χ3v) is 3.39. The number of rotatable bonds is 7. The molecule has 20 heavy (non-hydrogen) atoms. The molecule has 0 saturated carbocycles. The first-order valence-electron chi connectivity index (χ1n) is 6.41. The van der Waals surface area contributed by atoms with Gasteiger partial charge in [-0.25, -0.2) is 0 Å². The van der Waals surface area contributed by atoms with Gasteiger partial charge < -0.3 is 10.4 Å². The normalized spacial score (nSPS) is 10.9. The summed E-state index contributed by atoms with van der Waals surface area (Å²) in [5.41, 5.74) is 0.175. The van der Waals surface area contributed by atoms with Crippen LogP contribution in [0.3, 0.4) is 0 Å². The lowest BCUT2D eigenvalue weighted by molar-refractivity contribution is 0.0437. The van der Waals surface area contributed by atoms with Crippen LogP contribution in [0.1, 0.15) is 28.8 Å². The van der Waals surface area contributed by atoms with E-state index in [1.54, 1.807) is 24.3 Å². The smallest absolute Gasteiger partial charge is 0.253 e. The first kappa shape index (κ1) is 16.5. The molecule has 1 rings (SSSR count). The van der Waals surface area contributed by atoms with Crippen molar-refractivity contribution in [2.45, 2.75) is 25.4 Å². The maximum atomic E-state index is 12.2. The third kappa shape index (κ3) is 4.22. The Labute approximate surface area is 125 Å². The van der Waals surface area contributed by atoms with Crippen LogP contribution in [-0.4, -0.2) is 23.2 Å². The number of hydrogen-bond donors (Lipinski definition) is 2. The van der Waals surface area contributed by atoms with E-state index in [9.17, 15) is 9.90 Å². The largest absolute Gasteiger partial charge is 0.387 e. The molecule has 0 heterocycles. The molecule has 2 N–H and O–H groups in total. The molecule has 0 bridgehead atoms. The zero-order chi connectivity index (χ0) is 15.2. The van der Waals surface area contributed by atoms with Gasteiger partial charge in [-0.05, 0) is 31.4 Å². The Hall–Kier alpha value is -1.58. The van der Waals surface area contributed by atoms with Gasteiger partial charge in [0.1, 0.15) is 0 Å². The minimum absolute atomic E-state index is 0.120. The van der Waals surface area contributed by atoms with Gasteiger partial charge in [0.05, 0.1) is 16.2 Å². The quantitative estimate of drug-likeness (QED) is 0.758. The molecular weight excluding hydrogens is 274 g/mol. The highest BCUT2D eigenvalue weighted by Crippen LogP contribution is 2.20. The van der Waals surface area contributed by atoms with E-state index >= 15 is 0 Å². The van der Waals surface area contributed by atoms with Gasteiger partial charge in [-0.15, -0.1) is 13.2 Å². The molecule has 1 aromatic rings. The minimum atomic E-state index is -1.06. The SMILES string of the molecule is C=CCC(O)(CC=C)CNC(=O)c1c(C)cccc1Cl. The van der Waals surface area contributed by atoms with Gasteiger partial charge in [-0.1, -0.05) is 35.9 Å². The first-order chi connectivity index (χ1) is 9.43. The summed E-state index contributed by atoms with van der Waals surface area (Å²) in [5.74, 6) is -0.292. The average molecular weight is 294 g/mol. The highest BCUT2D eigenvalue weighted by Gasteiger charge is 2.25. The lowest BCUT2D eigenvalue weighted by Crippen LogP contribution is -2.42.